The Balaban J connectivity index is 2.81. The monoisotopic (exact) mass is 243 g/mol. The van der Waals surface area contributed by atoms with E-state index in [9.17, 15) is 16.8 Å². The molecule has 1 rings (SSSR count). The molecule has 0 bridgehead atoms. The van der Waals surface area contributed by atoms with Crippen molar-refractivity contribution in [1.29, 1.82) is 0 Å². The molecule has 0 aromatic heterocycles. The number of nitrogens with one attached hydrogen (secondary N) is 1. The van der Waals surface area contributed by atoms with Crippen molar-refractivity contribution in [1.82, 2.24) is 5.32 Å². The molecule has 0 saturated carbocycles. The number of hydrogen-bond donors (Lipinski definition) is 1. The van der Waals surface area contributed by atoms with E-state index in [0.29, 0.717) is 0 Å². The van der Waals surface area contributed by atoms with Gasteiger partial charge in [0.05, 0.1) is 0 Å². The first-order chi connectivity index (χ1) is 6.21. The molecule has 0 spiro atoms. The summed E-state index contributed by atoms with van der Waals surface area (Å²) < 4.78 is 49.4. The van der Waals surface area contributed by atoms with Gasteiger partial charge in [-0.25, -0.2) is 16.8 Å². The molecule has 6 nitrogen and oxygen atoms in total. The quantitative estimate of drug-likeness (QED) is 0.625. The van der Waals surface area contributed by atoms with Gasteiger partial charge in [0.25, 0.3) is 0 Å². The van der Waals surface area contributed by atoms with Crippen LogP contribution in [-0.2, 0) is 24.4 Å². The summed E-state index contributed by atoms with van der Waals surface area (Å²) in [6, 6.07) is 0. The number of morpholine rings is 1. The van der Waals surface area contributed by atoms with Crippen molar-refractivity contribution >= 4 is 19.7 Å². The normalized spacial score (nSPS) is 30.1. The molecule has 1 heterocycles. The minimum absolute atomic E-state index is 0.130. The Morgan fingerprint density at radius 1 is 1.00 bits per heavy atom. The highest BCUT2D eigenvalue weighted by Crippen LogP contribution is 2.12. The van der Waals surface area contributed by atoms with Crippen LogP contribution < -0.4 is 5.32 Å². The summed E-state index contributed by atoms with van der Waals surface area (Å²) in [6.07, 6.45) is 2.04. The first-order valence-electron chi connectivity index (χ1n) is 3.95. The molecule has 1 fully saturated rings. The number of rotatable bonds is 2. The fraction of sp³-hybridized carbons (Fsp3) is 1.00. The highest BCUT2D eigenvalue weighted by Gasteiger charge is 2.34. The molecule has 2 atom stereocenters. The molecule has 1 aliphatic rings. The Morgan fingerprint density at radius 3 is 1.64 bits per heavy atom. The average Bonchev–Trinajstić information content (AvgIpc) is 2.01. The maximum atomic E-state index is 11.1. The molecule has 14 heavy (non-hydrogen) atoms. The van der Waals surface area contributed by atoms with Crippen molar-refractivity contribution in [3.8, 4) is 0 Å². The predicted molar refractivity (Wildman–Crippen MR) is 51.2 cm³/mol. The van der Waals surface area contributed by atoms with Crippen LogP contribution >= 0.6 is 0 Å². The molecule has 1 aliphatic heterocycles. The van der Waals surface area contributed by atoms with Gasteiger partial charge in [0.1, 0.15) is 0 Å². The predicted octanol–water partition coefficient (Wildman–Crippen LogP) is -1.65. The van der Waals surface area contributed by atoms with Gasteiger partial charge in [-0.05, 0) is 0 Å². The van der Waals surface area contributed by atoms with Crippen LogP contribution in [-0.4, -0.2) is 53.3 Å². The van der Waals surface area contributed by atoms with Crippen LogP contribution in [0.3, 0.4) is 0 Å². The molecule has 1 N–H and O–H groups in total. The van der Waals surface area contributed by atoms with Crippen molar-refractivity contribution in [2.24, 2.45) is 0 Å². The van der Waals surface area contributed by atoms with Gasteiger partial charge in [-0.3, -0.25) is 0 Å². The smallest absolute Gasteiger partial charge is 0.175 e. The van der Waals surface area contributed by atoms with E-state index in [1.807, 2.05) is 0 Å². The first kappa shape index (κ1) is 11.9. The summed E-state index contributed by atoms with van der Waals surface area (Å²) in [4.78, 5) is 0. The summed E-state index contributed by atoms with van der Waals surface area (Å²) in [7, 11) is -6.74. The van der Waals surface area contributed by atoms with Crippen LogP contribution in [0.2, 0.25) is 0 Å². The van der Waals surface area contributed by atoms with Crippen molar-refractivity contribution in [3.63, 3.8) is 0 Å². The molecular formula is C6H13NO5S2. The van der Waals surface area contributed by atoms with Crippen molar-refractivity contribution < 1.29 is 21.6 Å². The van der Waals surface area contributed by atoms with Crippen LogP contribution in [0.4, 0.5) is 0 Å². The zero-order valence-corrected chi connectivity index (χ0v) is 9.56. The maximum absolute atomic E-state index is 11.1. The Bertz CT molecular complexity index is 360. The van der Waals surface area contributed by atoms with Gasteiger partial charge < -0.3 is 10.1 Å². The lowest BCUT2D eigenvalue weighted by molar-refractivity contribution is 0.0511. The van der Waals surface area contributed by atoms with Crippen molar-refractivity contribution in [2.75, 3.05) is 25.6 Å². The molecule has 0 aromatic rings. The largest absolute Gasteiger partial charge is 0.340 e. The van der Waals surface area contributed by atoms with Crippen LogP contribution in [0.5, 0.6) is 0 Å². The number of hydrogen-bond acceptors (Lipinski definition) is 6. The topological polar surface area (TPSA) is 89.5 Å². The van der Waals surface area contributed by atoms with Gasteiger partial charge in [-0.2, -0.15) is 0 Å². The third-order valence-electron chi connectivity index (χ3n) is 1.88. The van der Waals surface area contributed by atoms with Gasteiger partial charge in [0.2, 0.25) is 0 Å². The highest BCUT2D eigenvalue weighted by molar-refractivity contribution is 7.92. The van der Waals surface area contributed by atoms with Gasteiger partial charge in [0.15, 0.2) is 30.5 Å². The van der Waals surface area contributed by atoms with E-state index in [1.54, 1.807) is 0 Å². The molecule has 0 aromatic carbocycles. The summed E-state index contributed by atoms with van der Waals surface area (Å²) in [6.45, 7) is 0.260. The van der Waals surface area contributed by atoms with Crippen molar-refractivity contribution in [2.45, 2.75) is 10.9 Å². The van der Waals surface area contributed by atoms with Crippen LogP contribution in [0.15, 0.2) is 0 Å². The second kappa shape index (κ2) is 3.76. The van der Waals surface area contributed by atoms with Crippen LogP contribution in [0.25, 0.3) is 0 Å². The zero-order chi connectivity index (χ0) is 11.0. The SMILES string of the molecule is CS(=O)(=O)[C@@H]1CNC[C@H](S(C)(=O)=O)O1. The molecule has 0 radical (unpaired) electrons. The molecule has 0 aliphatic carbocycles. The van der Waals surface area contributed by atoms with E-state index in [4.69, 9.17) is 4.74 Å². The highest BCUT2D eigenvalue weighted by atomic mass is 32.2. The Hall–Kier alpha value is -0.180. The van der Waals surface area contributed by atoms with E-state index < -0.39 is 30.5 Å². The fourth-order valence-electron chi connectivity index (χ4n) is 1.09. The third-order valence-corrected chi connectivity index (χ3v) is 4.35. The Labute approximate surface area is 83.5 Å². The fourth-order valence-corrected chi connectivity index (χ4v) is 2.67. The average molecular weight is 243 g/mol. The molecule has 1 saturated heterocycles. The lowest BCUT2D eigenvalue weighted by Crippen LogP contribution is -2.50. The standard InChI is InChI=1S/C6H13NO5S2/c1-13(8,9)5-3-7-4-6(12-5)14(2,10)11/h5-7H,3-4H2,1-2H3/t5-,6+. The second-order valence-electron chi connectivity index (χ2n) is 3.31. The van der Waals surface area contributed by atoms with Gasteiger partial charge in [0, 0.05) is 25.6 Å². The summed E-state index contributed by atoms with van der Waals surface area (Å²) in [5.41, 5.74) is -2.15. The van der Waals surface area contributed by atoms with Crippen LogP contribution in [0, 0.1) is 0 Å². The maximum Gasteiger partial charge on any atom is 0.175 e. The zero-order valence-electron chi connectivity index (χ0n) is 7.93. The Kier molecular flexibility index (Phi) is 3.20. The minimum Gasteiger partial charge on any atom is -0.340 e. The van der Waals surface area contributed by atoms with E-state index in [0.717, 1.165) is 12.5 Å². The van der Waals surface area contributed by atoms with Gasteiger partial charge in [-0.1, -0.05) is 0 Å². The Morgan fingerprint density at radius 2 is 1.36 bits per heavy atom. The van der Waals surface area contributed by atoms with Gasteiger partial charge >= 0.3 is 0 Å². The van der Waals surface area contributed by atoms with E-state index >= 15 is 0 Å². The summed E-state index contributed by atoms with van der Waals surface area (Å²) >= 11 is 0. The van der Waals surface area contributed by atoms with Gasteiger partial charge in [-0.15, -0.1) is 0 Å². The van der Waals surface area contributed by atoms with Crippen molar-refractivity contribution in [3.05, 3.63) is 0 Å². The first-order valence-corrected chi connectivity index (χ1v) is 7.86. The summed E-state index contributed by atoms with van der Waals surface area (Å²) in [5, 5.41) is 2.71. The van der Waals surface area contributed by atoms with E-state index in [2.05, 4.69) is 5.32 Å². The number of ether oxygens (including phenoxy) is 1. The summed E-state index contributed by atoms with van der Waals surface area (Å²) in [5.74, 6) is 0. The van der Waals surface area contributed by atoms with E-state index in [1.165, 1.54) is 0 Å². The second-order valence-corrected chi connectivity index (χ2v) is 7.68. The third kappa shape index (κ3) is 2.91. The lowest BCUT2D eigenvalue weighted by atomic mass is 10.5. The number of sulfone groups is 2. The molecule has 0 amide bonds. The minimum atomic E-state index is -3.37. The molecule has 8 heteroatoms. The lowest BCUT2D eigenvalue weighted by Gasteiger charge is -2.28. The van der Waals surface area contributed by atoms with Crippen LogP contribution in [0.1, 0.15) is 0 Å². The van der Waals surface area contributed by atoms with E-state index in [-0.39, 0.29) is 13.1 Å². The molecule has 84 valence electrons. The molecular weight excluding hydrogens is 230 g/mol. The molecule has 0 unspecified atom stereocenters.